The lowest BCUT2D eigenvalue weighted by atomic mass is 10.0. The Labute approximate surface area is 174 Å². The van der Waals surface area contributed by atoms with Crippen molar-refractivity contribution in [1.29, 1.82) is 0 Å². The Morgan fingerprint density at radius 2 is 1.63 bits per heavy atom. The van der Waals surface area contributed by atoms with Crippen molar-refractivity contribution in [1.82, 2.24) is 10.3 Å². The molecule has 0 spiro atoms. The lowest BCUT2D eigenvalue weighted by Crippen LogP contribution is -2.46. The van der Waals surface area contributed by atoms with E-state index < -0.39 is 53.3 Å². The summed E-state index contributed by atoms with van der Waals surface area (Å²) in [5.41, 5.74) is 2.18. The molecule has 162 valence electrons. The Hall–Kier alpha value is -2.63. The van der Waals surface area contributed by atoms with Crippen molar-refractivity contribution in [3.8, 4) is 0 Å². The van der Waals surface area contributed by atoms with Gasteiger partial charge in [0.2, 0.25) is 11.8 Å². The van der Waals surface area contributed by atoms with Crippen molar-refractivity contribution in [2.24, 2.45) is 5.73 Å². The molecule has 30 heavy (non-hydrogen) atoms. The third-order valence-corrected chi connectivity index (χ3v) is 4.67. The predicted octanol–water partition coefficient (Wildman–Crippen LogP) is 3.64. The number of amides is 2. The smallest absolute Gasteiger partial charge is 0.368 e. The molecule has 0 fully saturated rings. The van der Waals surface area contributed by atoms with E-state index in [4.69, 9.17) is 5.73 Å². The first kappa shape index (κ1) is 23.6. The summed E-state index contributed by atoms with van der Waals surface area (Å²) in [6, 6.07) is 2.79. The highest BCUT2D eigenvalue weighted by molar-refractivity contribution is 9.10. The number of halogens is 7. The predicted molar refractivity (Wildman–Crippen MR) is 96.9 cm³/mol. The number of nitrogens with one attached hydrogen (secondary N) is 1. The summed E-state index contributed by atoms with van der Waals surface area (Å²) in [5, 5.41) is 2.23. The second-order valence-corrected chi connectivity index (χ2v) is 7.02. The maximum absolute atomic E-state index is 12.9. The number of nitrogens with zero attached hydrogens (tertiary/aromatic N) is 1. The van der Waals surface area contributed by atoms with Crippen molar-refractivity contribution in [3.05, 3.63) is 63.4 Å². The van der Waals surface area contributed by atoms with Gasteiger partial charge in [-0.15, -0.1) is 0 Å². The van der Waals surface area contributed by atoms with Crippen molar-refractivity contribution < 1.29 is 35.9 Å². The van der Waals surface area contributed by atoms with Crippen molar-refractivity contribution >= 4 is 27.7 Å². The number of rotatable bonds is 6. The molecule has 0 aliphatic carbocycles. The molecule has 2 amide bonds. The standard InChI is InChI=1S/C18H14BrF6N3O2/c19-15-10(2-1-3-27-15)7-13(16(26)30)28-14(29)6-9-4-11(17(20,21)22)8-12(5-9)18(23,24)25/h1-5,8,13H,6-7H2,(H2,26,30)(H,28,29)/t13-/m0/s1. The lowest BCUT2D eigenvalue weighted by molar-refractivity contribution is -0.143. The van der Waals surface area contributed by atoms with Crippen LogP contribution in [0.2, 0.25) is 0 Å². The second-order valence-electron chi connectivity index (χ2n) is 6.27. The summed E-state index contributed by atoms with van der Waals surface area (Å²) in [5.74, 6) is -1.90. The van der Waals surface area contributed by atoms with Gasteiger partial charge >= 0.3 is 12.4 Å². The van der Waals surface area contributed by atoms with Gasteiger partial charge in [-0.1, -0.05) is 6.07 Å². The third-order valence-electron chi connectivity index (χ3n) is 3.95. The highest BCUT2D eigenvalue weighted by atomic mass is 79.9. The number of aromatic nitrogens is 1. The van der Waals surface area contributed by atoms with Gasteiger partial charge in [0.25, 0.3) is 0 Å². The zero-order chi connectivity index (χ0) is 22.7. The van der Waals surface area contributed by atoms with E-state index in [1.165, 1.54) is 6.20 Å². The van der Waals surface area contributed by atoms with E-state index in [1.807, 2.05) is 0 Å². The van der Waals surface area contributed by atoms with Gasteiger partial charge in [-0.2, -0.15) is 26.3 Å². The Morgan fingerprint density at radius 3 is 2.10 bits per heavy atom. The van der Waals surface area contributed by atoms with E-state index >= 15 is 0 Å². The SMILES string of the molecule is NC(=O)[C@H](Cc1cccnc1Br)NC(=O)Cc1cc(C(F)(F)F)cc(C(F)(F)F)c1. The quantitative estimate of drug-likeness (QED) is 0.472. The van der Waals surface area contributed by atoms with Gasteiger partial charge in [-0.3, -0.25) is 9.59 Å². The van der Waals surface area contributed by atoms with Gasteiger partial charge in [-0.05, 0) is 51.3 Å². The molecule has 1 atom stereocenters. The summed E-state index contributed by atoms with van der Waals surface area (Å²) in [6.45, 7) is 0. The number of benzene rings is 1. The molecule has 1 aromatic heterocycles. The summed E-state index contributed by atoms with van der Waals surface area (Å²) in [4.78, 5) is 27.8. The van der Waals surface area contributed by atoms with Crippen LogP contribution in [0, 0.1) is 0 Å². The van der Waals surface area contributed by atoms with E-state index in [-0.39, 0.29) is 12.5 Å². The number of pyridine rings is 1. The number of nitrogens with two attached hydrogens (primary N) is 1. The average Bonchev–Trinajstić information content (AvgIpc) is 2.61. The first-order valence-electron chi connectivity index (χ1n) is 8.24. The molecule has 2 rings (SSSR count). The lowest BCUT2D eigenvalue weighted by Gasteiger charge is -2.17. The molecule has 0 aliphatic heterocycles. The number of hydrogen-bond donors (Lipinski definition) is 2. The zero-order valence-electron chi connectivity index (χ0n) is 14.9. The van der Waals surface area contributed by atoms with Crippen LogP contribution in [0.25, 0.3) is 0 Å². The molecule has 0 unspecified atom stereocenters. The monoisotopic (exact) mass is 497 g/mol. The zero-order valence-corrected chi connectivity index (χ0v) is 16.5. The van der Waals surface area contributed by atoms with Gasteiger partial charge in [0.15, 0.2) is 0 Å². The van der Waals surface area contributed by atoms with Crippen LogP contribution < -0.4 is 11.1 Å². The first-order valence-corrected chi connectivity index (χ1v) is 9.03. The fourth-order valence-corrected chi connectivity index (χ4v) is 2.98. The van der Waals surface area contributed by atoms with E-state index in [0.717, 1.165) is 0 Å². The van der Waals surface area contributed by atoms with Crippen LogP contribution in [0.1, 0.15) is 22.3 Å². The summed E-state index contributed by atoms with van der Waals surface area (Å²) < 4.78 is 78.0. The third kappa shape index (κ3) is 6.44. The van der Waals surface area contributed by atoms with Crippen molar-refractivity contribution in [3.63, 3.8) is 0 Å². The Balaban J connectivity index is 2.23. The number of primary amides is 1. The van der Waals surface area contributed by atoms with Crippen LogP contribution in [-0.4, -0.2) is 22.8 Å². The van der Waals surface area contributed by atoms with E-state index in [1.54, 1.807) is 12.1 Å². The minimum atomic E-state index is -5.03. The first-order chi connectivity index (χ1) is 13.8. The van der Waals surface area contributed by atoms with Gasteiger partial charge < -0.3 is 11.1 Å². The molecule has 12 heteroatoms. The van der Waals surface area contributed by atoms with Crippen molar-refractivity contribution in [2.45, 2.75) is 31.2 Å². The van der Waals surface area contributed by atoms with Crippen LogP contribution >= 0.6 is 15.9 Å². The normalized spacial score (nSPS) is 13.0. The molecule has 2 aromatic rings. The molecule has 0 bridgehead atoms. The maximum Gasteiger partial charge on any atom is 0.416 e. The molecule has 3 N–H and O–H groups in total. The fourth-order valence-electron chi connectivity index (χ4n) is 2.57. The largest absolute Gasteiger partial charge is 0.416 e. The molecule has 0 aliphatic rings. The summed E-state index contributed by atoms with van der Waals surface area (Å²) in [7, 11) is 0. The van der Waals surface area contributed by atoms with Gasteiger partial charge in [-0.25, -0.2) is 4.98 Å². The minimum Gasteiger partial charge on any atom is -0.368 e. The Kier molecular flexibility index (Phi) is 7.11. The van der Waals surface area contributed by atoms with Crippen LogP contribution in [0.5, 0.6) is 0 Å². The van der Waals surface area contributed by atoms with Gasteiger partial charge in [0.05, 0.1) is 17.5 Å². The number of carbonyl (C=O) groups excluding carboxylic acids is 2. The van der Waals surface area contributed by atoms with Crippen LogP contribution in [-0.2, 0) is 34.8 Å². The van der Waals surface area contributed by atoms with Gasteiger partial charge in [0, 0.05) is 12.6 Å². The molecule has 1 aromatic carbocycles. The summed E-state index contributed by atoms with van der Waals surface area (Å²) >= 11 is 3.16. The Morgan fingerprint density at radius 1 is 1.07 bits per heavy atom. The number of hydrogen-bond acceptors (Lipinski definition) is 3. The number of alkyl halides is 6. The number of carbonyl (C=O) groups is 2. The van der Waals surface area contributed by atoms with Crippen LogP contribution in [0.4, 0.5) is 26.3 Å². The van der Waals surface area contributed by atoms with Crippen molar-refractivity contribution in [2.75, 3.05) is 0 Å². The van der Waals surface area contributed by atoms with Crippen LogP contribution in [0.3, 0.4) is 0 Å². The Bertz CT molecular complexity index is 914. The van der Waals surface area contributed by atoms with Crippen LogP contribution in [0.15, 0.2) is 41.1 Å². The highest BCUT2D eigenvalue weighted by Gasteiger charge is 2.37. The van der Waals surface area contributed by atoms with E-state index in [0.29, 0.717) is 22.3 Å². The molecular weight excluding hydrogens is 484 g/mol. The molecule has 0 radical (unpaired) electrons. The van der Waals surface area contributed by atoms with E-state index in [9.17, 15) is 35.9 Å². The molecule has 0 saturated heterocycles. The molecule has 1 heterocycles. The molecule has 0 saturated carbocycles. The second kappa shape index (κ2) is 9.02. The molecular formula is C18H14BrF6N3O2. The van der Waals surface area contributed by atoms with E-state index in [2.05, 4.69) is 26.2 Å². The molecule has 5 nitrogen and oxygen atoms in total. The minimum absolute atomic E-state index is 0.0342. The topological polar surface area (TPSA) is 85.1 Å². The fraction of sp³-hybridized carbons (Fsp3) is 0.278. The maximum atomic E-state index is 12.9. The summed E-state index contributed by atoms with van der Waals surface area (Å²) in [6.07, 6.45) is -9.49. The average molecular weight is 498 g/mol. The van der Waals surface area contributed by atoms with Gasteiger partial charge in [0.1, 0.15) is 10.6 Å². The highest BCUT2D eigenvalue weighted by Crippen LogP contribution is 2.36.